The number of amides is 3. The summed E-state index contributed by atoms with van der Waals surface area (Å²) in [5, 5.41) is 3.34. The molecule has 0 fully saturated rings. The Morgan fingerprint density at radius 1 is 0.967 bits per heavy atom. The lowest BCUT2D eigenvalue weighted by Gasteiger charge is -2.08. The summed E-state index contributed by atoms with van der Waals surface area (Å²) in [4.78, 5) is 35.5. The number of anilines is 1. The Labute approximate surface area is 184 Å². The van der Waals surface area contributed by atoms with E-state index in [0.29, 0.717) is 22.3 Å². The van der Waals surface area contributed by atoms with Gasteiger partial charge in [0.25, 0.3) is 5.91 Å². The Bertz CT molecular complexity index is 930. The third kappa shape index (κ3) is 8.14. The lowest BCUT2D eigenvalue weighted by Crippen LogP contribution is -2.41. The largest absolute Gasteiger partial charge is 0.494 e. The van der Waals surface area contributed by atoms with Crippen molar-refractivity contribution in [2.24, 2.45) is 0 Å². The van der Waals surface area contributed by atoms with E-state index in [1.807, 2.05) is 6.92 Å². The minimum Gasteiger partial charge on any atom is -0.494 e. The maximum atomic E-state index is 11.9. The van der Waals surface area contributed by atoms with Gasteiger partial charge in [-0.05, 0) is 48.9 Å². The zero-order valence-electron chi connectivity index (χ0n) is 16.2. The summed E-state index contributed by atoms with van der Waals surface area (Å²) < 4.78 is 5.34. The molecule has 0 heterocycles. The number of hydrazine groups is 1. The van der Waals surface area contributed by atoms with Crippen LogP contribution in [0, 0.1) is 0 Å². The van der Waals surface area contributed by atoms with Crippen molar-refractivity contribution < 1.29 is 19.1 Å². The van der Waals surface area contributed by atoms with Gasteiger partial charge < -0.3 is 10.1 Å². The van der Waals surface area contributed by atoms with Gasteiger partial charge in [-0.2, -0.15) is 0 Å². The Hall–Kier alpha value is -3.03. The van der Waals surface area contributed by atoms with E-state index in [0.717, 1.165) is 11.3 Å². The van der Waals surface area contributed by atoms with Crippen LogP contribution in [0.25, 0.3) is 6.08 Å². The monoisotopic (exact) mass is 449 g/mol. The van der Waals surface area contributed by atoms with Gasteiger partial charge in [0, 0.05) is 23.9 Å². The first-order valence-corrected chi connectivity index (χ1v) is 9.87. The highest BCUT2D eigenvalue weighted by Crippen LogP contribution is 2.25. The molecule has 2 aromatic rings. The molecule has 0 aromatic heterocycles. The lowest BCUT2D eigenvalue weighted by atomic mass is 10.2. The van der Waals surface area contributed by atoms with Crippen molar-refractivity contribution in [1.29, 1.82) is 0 Å². The fraction of sp³-hybridized carbons (Fsp3) is 0.190. The van der Waals surface area contributed by atoms with E-state index in [2.05, 4.69) is 16.2 Å². The smallest absolute Gasteiger partial charge is 0.262 e. The van der Waals surface area contributed by atoms with Crippen molar-refractivity contribution in [3.8, 4) is 5.75 Å². The highest BCUT2D eigenvalue weighted by Gasteiger charge is 2.10. The Morgan fingerprint density at radius 3 is 2.33 bits per heavy atom. The van der Waals surface area contributed by atoms with Crippen LogP contribution in [0.1, 0.15) is 25.3 Å². The van der Waals surface area contributed by atoms with Gasteiger partial charge in [0.2, 0.25) is 11.8 Å². The van der Waals surface area contributed by atoms with Crippen LogP contribution in [0.15, 0.2) is 48.5 Å². The molecule has 2 rings (SSSR count). The fourth-order valence-electron chi connectivity index (χ4n) is 2.28. The van der Waals surface area contributed by atoms with Crippen LogP contribution in [0.2, 0.25) is 10.0 Å². The van der Waals surface area contributed by atoms with Crippen LogP contribution in [-0.2, 0) is 14.4 Å². The number of hydrogen-bond donors (Lipinski definition) is 3. The number of benzene rings is 2. The van der Waals surface area contributed by atoms with Gasteiger partial charge in [-0.15, -0.1) is 0 Å². The molecule has 0 atom stereocenters. The molecule has 7 nitrogen and oxygen atoms in total. The molecule has 0 aliphatic heterocycles. The lowest BCUT2D eigenvalue weighted by molar-refractivity contribution is -0.128. The second-order valence-electron chi connectivity index (χ2n) is 6.05. The van der Waals surface area contributed by atoms with Gasteiger partial charge in [-0.1, -0.05) is 35.3 Å². The topological polar surface area (TPSA) is 96.5 Å². The quantitative estimate of drug-likeness (QED) is 0.419. The van der Waals surface area contributed by atoms with Gasteiger partial charge in [-0.25, -0.2) is 0 Å². The molecule has 0 aliphatic rings. The molecule has 0 aliphatic carbocycles. The molecule has 3 N–H and O–H groups in total. The summed E-state index contributed by atoms with van der Waals surface area (Å²) in [5.74, 6) is -0.658. The second-order valence-corrected chi connectivity index (χ2v) is 6.89. The minimum absolute atomic E-state index is 0.0807. The Balaban J connectivity index is 1.70. The van der Waals surface area contributed by atoms with Crippen molar-refractivity contribution in [2.45, 2.75) is 19.8 Å². The Kier molecular flexibility index (Phi) is 9.18. The van der Waals surface area contributed by atoms with E-state index in [4.69, 9.17) is 27.9 Å². The minimum atomic E-state index is -0.505. The number of carbonyl (C=O) groups excluding carboxylic acids is 3. The van der Waals surface area contributed by atoms with E-state index in [9.17, 15) is 14.4 Å². The van der Waals surface area contributed by atoms with Crippen molar-refractivity contribution in [1.82, 2.24) is 10.9 Å². The van der Waals surface area contributed by atoms with Gasteiger partial charge in [0.05, 0.1) is 17.3 Å². The summed E-state index contributed by atoms with van der Waals surface area (Å²) in [6.45, 7) is 2.47. The number of ether oxygens (including phenoxy) is 1. The zero-order valence-corrected chi connectivity index (χ0v) is 17.7. The normalized spacial score (nSPS) is 10.5. The first-order valence-electron chi connectivity index (χ1n) is 9.12. The van der Waals surface area contributed by atoms with Crippen molar-refractivity contribution in [3.05, 3.63) is 64.1 Å². The SMILES string of the molecule is CCOc1ccc(/C=C/C(=O)NNC(=O)CCC(=O)Nc2ccc(Cl)cc2Cl)cc1. The summed E-state index contributed by atoms with van der Waals surface area (Å²) in [6.07, 6.45) is 2.69. The summed E-state index contributed by atoms with van der Waals surface area (Å²) in [7, 11) is 0. The highest BCUT2D eigenvalue weighted by molar-refractivity contribution is 6.36. The average Bonchev–Trinajstić information content (AvgIpc) is 2.72. The zero-order chi connectivity index (χ0) is 21.9. The summed E-state index contributed by atoms with van der Waals surface area (Å²) >= 11 is 11.8. The maximum Gasteiger partial charge on any atom is 0.262 e. The highest BCUT2D eigenvalue weighted by atomic mass is 35.5. The van der Waals surface area contributed by atoms with E-state index in [-0.39, 0.29) is 12.8 Å². The van der Waals surface area contributed by atoms with Crippen LogP contribution in [0.3, 0.4) is 0 Å². The average molecular weight is 450 g/mol. The van der Waals surface area contributed by atoms with E-state index < -0.39 is 17.7 Å². The second kappa shape index (κ2) is 11.8. The molecule has 2 aromatic carbocycles. The molecule has 0 bridgehead atoms. The standard InChI is InChI=1S/C21H21Cl2N3O4/c1-2-30-16-7-3-14(4-8-16)5-10-20(28)25-26-21(29)12-11-19(27)24-18-9-6-15(22)13-17(18)23/h3-10,13H,2,11-12H2,1H3,(H,24,27)(H,25,28)(H,26,29)/b10-5+. The first-order chi connectivity index (χ1) is 14.4. The van der Waals surface area contributed by atoms with E-state index in [1.54, 1.807) is 42.5 Å². The van der Waals surface area contributed by atoms with Gasteiger partial charge in [0.15, 0.2) is 0 Å². The van der Waals surface area contributed by atoms with Crippen LogP contribution in [0.4, 0.5) is 5.69 Å². The summed E-state index contributed by atoms with van der Waals surface area (Å²) in [5.41, 5.74) is 5.71. The molecule has 0 saturated carbocycles. The number of rotatable bonds is 8. The summed E-state index contributed by atoms with van der Waals surface area (Å²) in [6, 6.07) is 11.9. The number of nitrogens with one attached hydrogen (secondary N) is 3. The molecule has 0 radical (unpaired) electrons. The molecule has 158 valence electrons. The van der Waals surface area contributed by atoms with E-state index >= 15 is 0 Å². The first kappa shape index (κ1) is 23.3. The van der Waals surface area contributed by atoms with Crippen molar-refractivity contribution >= 4 is 52.7 Å². The van der Waals surface area contributed by atoms with Gasteiger partial charge >= 0.3 is 0 Å². The number of halogens is 2. The van der Waals surface area contributed by atoms with Crippen LogP contribution in [0.5, 0.6) is 5.75 Å². The van der Waals surface area contributed by atoms with E-state index in [1.165, 1.54) is 12.1 Å². The van der Waals surface area contributed by atoms with Crippen molar-refractivity contribution in [2.75, 3.05) is 11.9 Å². The van der Waals surface area contributed by atoms with Crippen LogP contribution < -0.4 is 20.9 Å². The Morgan fingerprint density at radius 2 is 1.67 bits per heavy atom. The molecule has 30 heavy (non-hydrogen) atoms. The third-order valence-corrected chi connectivity index (χ3v) is 4.28. The predicted octanol–water partition coefficient (Wildman–Crippen LogP) is 3.97. The van der Waals surface area contributed by atoms with Gasteiger partial charge in [-0.3, -0.25) is 25.2 Å². The molecular weight excluding hydrogens is 429 g/mol. The maximum absolute atomic E-state index is 11.9. The number of hydrogen-bond acceptors (Lipinski definition) is 4. The molecule has 0 saturated heterocycles. The third-order valence-electron chi connectivity index (χ3n) is 3.73. The molecule has 0 spiro atoms. The fourth-order valence-corrected chi connectivity index (χ4v) is 2.74. The van der Waals surface area contributed by atoms with Gasteiger partial charge in [0.1, 0.15) is 5.75 Å². The molecule has 3 amide bonds. The molecule has 9 heteroatoms. The molecule has 0 unspecified atom stereocenters. The van der Waals surface area contributed by atoms with Crippen LogP contribution >= 0.6 is 23.2 Å². The number of carbonyl (C=O) groups is 3. The van der Waals surface area contributed by atoms with Crippen molar-refractivity contribution in [3.63, 3.8) is 0 Å². The predicted molar refractivity (Wildman–Crippen MR) is 117 cm³/mol. The molecular formula is C21H21Cl2N3O4. The van der Waals surface area contributed by atoms with Crippen LogP contribution in [-0.4, -0.2) is 24.3 Å².